The van der Waals surface area contributed by atoms with E-state index < -0.39 is 12.0 Å². The molecule has 1 unspecified atom stereocenters. The van der Waals surface area contributed by atoms with E-state index in [0.717, 1.165) is 0 Å². The molecule has 2 N–H and O–H groups in total. The summed E-state index contributed by atoms with van der Waals surface area (Å²) in [6, 6.07) is 6.49. The molecule has 6 nitrogen and oxygen atoms in total. The molecule has 23 heavy (non-hydrogen) atoms. The third-order valence-electron chi connectivity index (χ3n) is 3.01. The van der Waals surface area contributed by atoms with Crippen molar-refractivity contribution in [3.63, 3.8) is 0 Å². The van der Waals surface area contributed by atoms with Gasteiger partial charge < -0.3 is 9.53 Å². The molecule has 0 spiro atoms. The topological polar surface area (TPSA) is 96.3 Å². The minimum absolute atomic E-state index is 0.0611. The number of carbonyl (C=O) groups excluding carboxylic acids is 3. The molecular formula is C17H22N2O4. The zero-order chi connectivity index (χ0) is 17.4. The van der Waals surface area contributed by atoms with Gasteiger partial charge in [-0.2, -0.15) is 0 Å². The number of carbonyl (C=O) groups is 3. The number of amides is 1. The van der Waals surface area contributed by atoms with E-state index in [1.54, 1.807) is 31.2 Å². The lowest BCUT2D eigenvalue weighted by atomic mass is 9.96. The minimum Gasteiger partial charge on any atom is -0.449 e. The van der Waals surface area contributed by atoms with Crippen molar-refractivity contribution in [3.8, 4) is 0 Å². The van der Waals surface area contributed by atoms with Gasteiger partial charge in [0, 0.05) is 23.5 Å². The van der Waals surface area contributed by atoms with Crippen LogP contribution in [0.4, 0.5) is 4.79 Å². The van der Waals surface area contributed by atoms with Gasteiger partial charge in [-0.25, -0.2) is 4.79 Å². The summed E-state index contributed by atoms with van der Waals surface area (Å²) in [5.74, 6) is -0.661. The molecule has 0 aliphatic carbocycles. The first-order chi connectivity index (χ1) is 10.8. The van der Waals surface area contributed by atoms with Crippen LogP contribution in [0.15, 0.2) is 24.3 Å². The van der Waals surface area contributed by atoms with Gasteiger partial charge in [0.05, 0.1) is 6.61 Å². The van der Waals surface area contributed by atoms with Crippen LogP contribution in [0.5, 0.6) is 0 Å². The predicted octanol–water partition coefficient (Wildman–Crippen LogP) is 2.80. The molecule has 1 amide bonds. The third-order valence-corrected chi connectivity index (χ3v) is 3.01. The molecule has 1 aromatic rings. The van der Waals surface area contributed by atoms with Crippen LogP contribution >= 0.6 is 0 Å². The van der Waals surface area contributed by atoms with Gasteiger partial charge in [-0.1, -0.05) is 45.0 Å². The Morgan fingerprint density at radius 3 is 2.39 bits per heavy atom. The number of hydrogen-bond donors (Lipinski definition) is 2. The average Bonchev–Trinajstić information content (AvgIpc) is 2.52. The van der Waals surface area contributed by atoms with E-state index in [-0.39, 0.29) is 30.6 Å². The second-order valence-corrected chi connectivity index (χ2v) is 5.78. The van der Waals surface area contributed by atoms with Gasteiger partial charge in [0.2, 0.25) is 0 Å². The molecule has 6 heteroatoms. The molecule has 0 bridgehead atoms. The fraction of sp³-hybridized carbons (Fsp3) is 0.412. The predicted molar refractivity (Wildman–Crippen MR) is 86.8 cm³/mol. The smallest absolute Gasteiger partial charge is 0.412 e. The molecular weight excluding hydrogens is 296 g/mol. The van der Waals surface area contributed by atoms with E-state index in [2.05, 4.69) is 5.32 Å². The molecule has 0 heterocycles. The summed E-state index contributed by atoms with van der Waals surface area (Å²) < 4.78 is 4.96. The molecule has 0 saturated heterocycles. The van der Waals surface area contributed by atoms with Crippen LogP contribution in [-0.2, 0) is 9.53 Å². The summed E-state index contributed by atoms with van der Waals surface area (Å²) in [7, 11) is 0. The maximum absolute atomic E-state index is 12.2. The summed E-state index contributed by atoms with van der Waals surface area (Å²) in [5.41, 5.74) is 0.604. The Morgan fingerprint density at radius 1 is 1.22 bits per heavy atom. The lowest BCUT2D eigenvalue weighted by Crippen LogP contribution is -2.33. The van der Waals surface area contributed by atoms with Gasteiger partial charge in [0.1, 0.15) is 12.1 Å². The molecule has 1 atom stereocenters. The van der Waals surface area contributed by atoms with Gasteiger partial charge in [-0.05, 0) is 5.92 Å². The number of ether oxygens (including phenoxy) is 1. The summed E-state index contributed by atoms with van der Waals surface area (Å²) in [6.45, 7) is 5.71. The number of ketones is 1. The second-order valence-electron chi connectivity index (χ2n) is 5.78. The Balaban J connectivity index is 2.83. The van der Waals surface area contributed by atoms with E-state index in [1.807, 2.05) is 13.8 Å². The number of aldehydes is 1. The van der Waals surface area contributed by atoms with Gasteiger partial charge in [0.25, 0.3) is 0 Å². The molecule has 0 saturated carbocycles. The van der Waals surface area contributed by atoms with Crippen LogP contribution < -0.4 is 5.32 Å². The summed E-state index contributed by atoms with van der Waals surface area (Å²) in [4.78, 5) is 34.6. The van der Waals surface area contributed by atoms with Crippen molar-refractivity contribution in [3.05, 3.63) is 35.4 Å². The first-order valence-electron chi connectivity index (χ1n) is 7.45. The maximum Gasteiger partial charge on any atom is 0.412 e. The van der Waals surface area contributed by atoms with Gasteiger partial charge in [-0.3, -0.25) is 15.5 Å². The summed E-state index contributed by atoms with van der Waals surface area (Å²) in [6.07, 6.45) is 0.0473. The first-order valence-corrected chi connectivity index (χ1v) is 7.45. The quantitative estimate of drug-likeness (QED) is 0.350. The van der Waals surface area contributed by atoms with E-state index in [4.69, 9.17) is 10.1 Å². The summed E-state index contributed by atoms with van der Waals surface area (Å²) >= 11 is 0. The van der Waals surface area contributed by atoms with Crippen LogP contribution in [0.2, 0.25) is 0 Å². The van der Waals surface area contributed by atoms with Crippen molar-refractivity contribution >= 4 is 24.0 Å². The van der Waals surface area contributed by atoms with Crippen LogP contribution in [0, 0.1) is 17.2 Å². The van der Waals surface area contributed by atoms with E-state index in [1.165, 1.54) is 0 Å². The fourth-order valence-electron chi connectivity index (χ4n) is 1.84. The van der Waals surface area contributed by atoms with E-state index in [9.17, 15) is 14.4 Å². The van der Waals surface area contributed by atoms with Gasteiger partial charge >= 0.3 is 6.09 Å². The highest BCUT2D eigenvalue weighted by Crippen LogP contribution is 2.14. The molecule has 124 valence electrons. The van der Waals surface area contributed by atoms with Crippen LogP contribution in [-0.4, -0.2) is 30.6 Å². The molecule has 0 aliphatic heterocycles. The zero-order valence-corrected chi connectivity index (χ0v) is 13.6. The number of rotatable bonds is 7. The first kappa shape index (κ1) is 18.5. The maximum atomic E-state index is 12.2. The van der Waals surface area contributed by atoms with Crippen molar-refractivity contribution in [2.45, 2.75) is 27.2 Å². The van der Waals surface area contributed by atoms with Crippen molar-refractivity contribution in [1.29, 1.82) is 5.41 Å². The monoisotopic (exact) mass is 318 g/mol. The SMILES string of the molecule is CC(C)COC(=O)NC(=N)c1ccccc1C(=O)CC(C)C=O. The average molecular weight is 318 g/mol. The van der Waals surface area contributed by atoms with E-state index in [0.29, 0.717) is 17.4 Å². The lowest BCUT2D eigenvalue weighted by Gasteiger charge is -2.12. The lowest BCUT2D eigenvalue weighted by molar-refractivity contribution is -0.110. The number of alkyl carbamates (subject to hydrolysis) is 1. The van der Waals surface area contributed by atoms with Crippen LogP contribution in [0.3, 0.4) is 0 Å². The van der Waals surface area contributed by atoms with Gasteiger partial charge in [-0.15, -0.1) is 0 Å². The number of benzene rings is 1. The zero-order valence-electron chi connectivity index (χ0n) is 13.6. The molecule has 1 rings (SSSR count). The highest BCUT2D eigenvalue weighted by atomic mass is 16.5. The standard InChI is InChI=1S/C17H22N2O4/c1-11(2)10-23-17(22)19-16(18)14-7-5-4-6-13(14)15(21)8-12(3)9-20/h4-7,9,11-12H,8,10H2,1-3H3,(H2,18,19,22). The Hall–Kier alpha value is -2.50. The van der Waals surface area contributed by atoms with E-state index >= 15 is 0 Å². The number of Topliss-reactive ketones (excluding diaryl/α,β-unsaturated/α-hetero) is 1. The Bertz CT molecular complexity index is 596. The van der Waals surface area contributed by atoms with Crippen molar-refractivity contribution in [1.82, 2.24) is 5.32 Å². The molecule has 0 radical (unpaired) electrons. The molecule has 0 fully saturated rings. The molecule has 1 aromatic carbocycles. The Morgan fingerprint density at radius 2 is 1.83 bits per heavy atom. The van der Waals surface area contributed by atoms with Gasteiger partial charge in [0.15, 0.2) is 5.78 Å². The minimum atomic E-state index is -0.729. The molecule has 0 aromatic heterocycles. The Kier molecular flexibility index (Phi) is 7.12. The van der Waals surface area contributed by atoms with Crippen molar-refractivity contribution in [2.75, 3.05) is 6.61 Å². The summed E-state index contributed by atoms with van der Waals surface area (Å²) in [5, 5.41) is 10.3. The fourth-order valence-corrected chi connectivity index (χ4v) is 1.84. The van der Waals surface area contributed by atoms with Crippen LogP contribution in [0.1, 0.15) is 43.1 Å². The molecule has 0 aliphatic rings. The largest absolute Gasteiger partial charge is 0.449 e. The van der Waals surface area contributed by atoms with Crippen LogP contribution in [0.25, 0.3) is 0 Å². The Labute approximate surface area is 135 Å². The van der Waals surface area contributed by atoms with Crippen molar-refractivity contribution in [2.24, 2.45) is 11.8 Å². The second kappa shape index (κ2) is 8.82. The highest BCUT2D eigenvalue weighted by molar-refractivity contribution is 6.12. The van der Waals surface area contributed by atoms with Crippen molar-refractivity contribution < 1.29 is 19.1 Å². The number of nitrogens with one attached hydrogen (secondary N) is 2. The number of amidine groups is 1. The third kappa shape index (κ3) is 6.02. The normalized spacial score (nSPS) is 11.7. The number of hydrogen-bond acceptors (Lipinski definition) is 5. The highest BCUT2D eigenvalue weighted by Gasteiger charge is 2.18.